The van der Waals surface area contributed by atoms with Gasteiger partial charge in [-0.2, -0.15) is 0 Å². The number of benzene rings is 2. The summed E-state index contributed by atoms with van der Waals surface area (Å²) in [7, 11) is 1.97. The van der Waals surface area contributed by atoms with Crippen LogP contribution in [0, 0.1) is 13.8 Å². The van der Waals surface area contributed by atoms with Crippen molar-refractivity contribution in [3.8, 4) is 0 Å². The van der Waals surface area contributed by atoms with Gasteiger partial charge in [0.05, 0.1) is 6.54 Å². The van der Waals surface area contributed by atoms with E-state index in [-0.39, 0.29) is 5.91 Å². The molecule has 0 bridgehead atoms. The fraction of sp³-hybridized carbons (Fsp3) is 0.316. The van der Waals surface area contributed by atoms with Crippen molar-refractivity contribution >= 4 is 23.4 Å². The van der Waals surface area contributed by atoms with E-state index in [0.29, 0.717) is 6.54 Å². The Kier molecular flexibility index (Phi) is 6.25. The smallest absolute Gasteiger partial charge is 0.238 e. The first-order valence-electron chi connectivity index (χ1n) is 7.66. The summed E-state index contributed by atoms with van der Waals surface area (Å²) < 4.78 is 0. The van der Waals surface area contributed by atoms with Gasteiger partial charge in [-0.15, -0.1) is 11.8 Å². The van der Waals surface area contributed by atoms with Crippen molar-refractivity contribution < 1.29 is 4.79 Å². The Bertz CT molecular complexity index is 668. The standard InChI is InChI=1S/C19H24N2OS/c1-14-5-6-16(15(2)11-14)12-21(3)13-19(22)20-17-7-9-18(23-4)10-8-17/h5-11H,12-13H2,1-4H3,(H,20,22). The fourth-order valence-electron chi connectivity index (χ4n) is 2.49. The molecule has 0 aliphatic heterocycles. The molecule has 0 unspecified atom stereocenters. The Balaban J connectivity index is 1.88. The molecule has 2 aromatic carbocycles. The van der Waals surface area contributed by atoms with Crippen molar-refractivity contribution in [2.45, 2.75) is 25.3 Å². The molecule has 4 heteroatoms. The Hall–Kier alpha value is -1.78. The highest BCUT2D eigenvalue weighted by atomic mass is 32.2. The second-order valence-electron chi connectivity index (χ2n) is 5.88. The Morgan fingerprint density at radius 3 is 2.43 bits per heavy atom. The highest BCUT2D eigenvalue weighted by molar-refractivity contribution is 7.98. The number of nitrogens with zero attached hydrogens (tertiary/aromatic N) is 1. The Morgan fingerprint density at radius 2 is 1.83 bits per heavy atom. The van der Waals surface area contributed by atoms with Crippen LogP contribution in [0.1, 0.15) is 16.7 Å². The molecule has 3 nitrogen and oxygen atoms in total. The van der Waals surface area contributed by atoms with Crippen LogP contribution in [0.3, 0.4) is 0 Å². The Morgan fingerprint density at radius 1 is 1.13 bits per heavy atom. The summed E-state index contributed by atoms with van der Waals surface area (Å²) in [5, 5.41) is 2.94. The van der Waals surface area contributed by atoms with E-state index >= 15 is 0 Å². The van der Waals surface area contributed by atoms with Gasteiger partial charge in [-0.25, -0.2) is 0 Å². The molecule has 0 atom stereocenters. The highest BCUT2D eigenvalue weighted by Crippen LogP contribution is 2.17. The van der Waals surface area contributed by atoms with Gasteiger partial charge in [-0.1, -0.05) is 23.8 Å². The van der Waals surface area contributed by atoms with Gasteiger partial charge in [-0.3, -0.25) is 9.69 Å². The summed E-state index contributed by atoms with van der Waals surface area (Å²) >= 11 is 1.69. The maximum absolute atomic E-state index is 12.1. The zero-order valence-electron chi connectivity index (χ0n) is 14.2. The molecule has 0 aliphatic carbocycles. The molecular weight excluding hydrogens is 304 g/mol. The van der Waals surface area contributed by atoms with Gasteiger partial charge in [0, 0.05) is 17.1 Å². The summed E-state index contributed by atoms with van der Waals surface area (Å²) in [6.45, 7) is 5.35. The van der Waals surface area contributed by atoms with E-state index in [0.717, 1.165) is 12.2 Å². The molecule has 1 N–H and O–H groups in total. The number of hydrogen-bond acceptors (Lipinski definition) is 3. The fourth-order valence-corrected chi connectivity index (χ4v) is 2.90. The zero-order chi connectivity index (χ0) is 16.8. The van der Waals surface area contributed by atoms with E-state index in [1.807, 2.05) is 42.5 Å². The number of aryl methyl sites for hydroxylation is 2. The monoisotopic (exact) mass is 328 g/mol. The molecule has 0 saturated heterocycles. The largest absolute Gasteiger partial charge is 0.325 e. The van der Waals surface area contributed by atoms with Crippen LogP contribution in [0.25, 0.3) is 0 Å². The van der Waals surface area contributed by atoms with Crippen LogP contribution in [0.5, 0.6) is 0 Å². The number of likely N-dealkylation sites (N-methyl/N-ethyl adjacent to an activating group) is 1. The first kappa shape index (κ1) is 17.6. The van der Waals surface area contributed by atoms with Crippen LogP contribution in [0.15, 0.2) is 47.4 Å². The van der Waals surface area contributed by atoms with Gasteiger partial charge in [0.2, 0.25) is 5.91 Å². The molecule has 0 aromatic heterocycles. The molecule has 122 valence electrons. The van der Waals surface area contributed by atoms with Crippen LogP contribution >= 0.6 is 11.8 Å². The lowest BCUT2D eigenvalue weighted by atomic mass is 10.1. The van der Waals surface area contributed by atoms with E-state index < -0.39 is 0 Å². The van der Waals surface area contributed by atoms with Crippen LogP contribution in [-0.4, -0.2) is 30.7 Å². The molecule has 0 spiro atoms. The maximum Gasteiger partial charge on any atom is 0.238 e. The van der Waals surface area contributed by atoms with E-state index in [1.165, 1.54) is 21.6 Å². The number of thioether (sulfide) groups is 1. The lowest BCUT2D eigenvalue weighted by molar-refractivity contribution is -0.117. The van der Waals surface area contributed by atoms with Gasteiger partial charge in [0.1, 0.15) is 0 Å². The zero-order valence-corrected chi connectivity index (χ0v) is 15.0. The minimum atomic E-state index is 0.00849. The van der Waals surface area contributed by atoms with Crippen molar-refractivity contribution in [3.63, 3.8) is 0 Å². The van der Waals surface area contributed by atoms with Crippen molar-refractivity contribution in [1.29, 1.82) is 0 Å². The summed E-state index contributed by atoms with van der Waals surface area (Å²) in [5.74, 6) is 0.00849. The number of rotatable bonds is 6. The highest BCUT2D eigenvalue weighted by Gasteiger charge is 2.09. The molecule has 23 heavy (non-hydrogen) atoms. The van der Waals surface area contributed by atoms with Gasteiger partial charge in [-0.05, 0) is 62.5 Å². The summed E-state index contributed by atoms with van der Waals surface area (Å²) in [4.78, 5) is 15.4. The third kappa shape index (κ3) is 5.41. The van der Waals surface area contributed by atoms with E-state index in [2.05, 4.69) is 37.4 Å². The molecule has 1 amide bonds. The van der Waals surface area contributed by atoms with Gasteiger partial charge in [0.15, 0.2) is 0 Å². The van der Waals surface area contributed by atoms with Crippen molar-refractivity contribution in [2.24, 2.45) is 0 Å². The van der Waals surface area contributed by atoms with Crippen LogP contribution in [-0.2, 0) is 11.3 Å². The summed E-state index contributed by atoms with van der Waals surface area (Å²) in [6.07, 6.45) is 2.04. The molecule has 0 fully saturated rings. The summed E-state index contributed by atoms with van der Waals surface area (Å²) in [6, 6.07) is 14.3. The van der Waals surface area contributed by atoms with Crippen LogP contribution in [0.2, 0.25) is 0 Å². The minimum Gasteiger partial charge on any atom is -0.325 e. The third-order valence-electron chi connectivity index (χ3n) is 3.73. The van der Waals surface area contributed by atoms with Gasteiger partial charge >= 0.3 is 0 Å². The molecular formula is C19H24N2OS. The summed E-state index contributed by atoms with van der Waals surface area (Å²) in [5.41, 5.74) is 4.63. The second-order valence-corrected chi connectivity index (χ2v) is 6.76. The first-order chi connectivity index (χ1) is 11.0. The molecule has 0 aliphatic rings. The predicted molar refractivity (Wildman–Crippen MR) is 99.1 cm³/mol. The lowest BCUT2D eigenvalue weighted by Gasteiger charge is -2.18. The maximum atomic E-state index is 12.1. The SMILES string of the molecule is CSc1ccc(NC(=O)CN(C)Cc2ccc(C)cc2C)cc1. The number of amides is 1. The van der Waals surface area contributed by atoms with Crippen molar-refractivity contribution in [3.05, 3.63) is 59.2 Å². The Labute approximate surface area is 143 Å². The quantitative estimate of drug-likeness (QED) is 0.811. The average Bonchev–Trinajstić information content (AvgIpc) is 2.50. The number of nitrogens with one attached hydrogen (secondary N) is 1. The molecule has 2 aromatic rings. The minimum absolute atomic E-state index is 0.00849. The van der Waals surface area contributed by atoms with Gasteiger partial charge < -0.3 is 5.32 Å². The number of hydrogen-bond donors (Lipinski definition) is 1. The topological polar surface area (TPSA) is 32.3 Å². The number of carbonyl (C=O) groups excluding carboxylic acids is 1. The molecule has 0 radical (unpaired) electrons. The molecule has 2 rings (SSSR count). The number of carbonyl (C=O) groups is 1. The van der Waals surface area contributed by atoms with Crippen molar-refractivity contribution in [1.82, 2.24) is 4.90 Å². The third-order valence-corrected chi connectivity index (χ3v) is 4.47. The number of anilines is 1. The normalized spacial score (nSPS) is 10.8. The van der Waals surface area contributed by atoms with Crippen molar-refractivity contribution in [2.75, 3.05) is 25.2 Å². The average molecular weight is 328 g/mol. The first-order valence-corrected chi connectivity index (χ1v) is 8.89. The van der Waals surface area contributed by atoms with E-state index in [1.54, 1.807) is 11.8 Å². The second kappa shape index (κ2) is 8.18. The lowest BCUT2D eigenvalue weighted by Crippen LogP contribution is -2.30. The molecule has 0 saturated carbocycles. The van der Waals surface area contributed by atoms with E-state index in [4.69, 9.17) is 0 Å². The predicted octanol–water partition coefficient (Wildman–Crippen LogP) is 4.10. The molecule has 0 heterocycles. The van der Waals surface area contributed by atoms with Crippen LogP contribution in [0.4, 0.5) is 5.69 Å². The van der Waals surface area contributed by atoms with E-state index in [9.17, 15) is 4.79 Å². The van der Waals surface area contributed by atoms with Crippen LogP contribution < -0.4 is 5.32 Å². The van der Waals surface area contributed by atoms with Gasteiger partial charge in [0.25, 0.3) is 0 Å².